The van der Waals surface area contributed by atoms with E-state index in [1.54, 1.807) is 6.07 Å². The minimum absolute atomic E-state index is 0.162. The van der Waals surface area contributed by atoms with Crippen LogP contribution in [0.4, 0.5) is 13.2 Å². The van der Waals surface area contributed by atoms with Crippen LogP contribution in [0, 0.1) is 11.3 Å². The van der Waals surface area contributed by atoms with Gasteiger partial charge in [-0.25, -0.2) is 4.68 Å². The first-order chi connectivity index (χ1) is 13.1. The molecule has 1 N–H and O–H groups in total. The second-order valence-electron chi connectivity index (χ2n) is 7.05. The van der Waals surface area contributed by atoms with Gasteiger partial charge in [-0.15, -0.1) is 5.10 Å². The first-order valence-electron chi connectivity index (χ1n) is 8.84. The van der Waals surface area contributed by atoms with Gasteiger partial charge in [0, 0.05) is 17.4 Å². The highest BCUT2D eigenvalue weighted by Crippen LogP contribution is 2.40. The number of aromatic nitrogens is 4. The average Bonchev–Trinajstić information content (AvgIpc) is 3.23. The van der Waals surface area contributed by atoms with E-state index in [1.165, 1.54) is 11.6 Å². The molecule has 3 rings (SSSR count). The van der Waals surface area contributed by atoms with Crippen LogP contribution in [-0.2, 0) is 12.1 Å². The van der Waals surface area contributed by atoms with Crippen LogP contribution in [0.1, 0.15) is 55.6 Å². The topological polar surface area (TPSA) is 79.1 Å². The normalized spacial score (nSPS) is 14.4. The van der Waals surface area contributed by atoms with Gasteiger partial charge in [-0.1, -0.05) is 26.0 Å². The van der Waals surface area contributed by atoms with E-state index in [0.29, 0.717) is 5.56 Å². The number of nitriles is 1. The van der Waals surface area contributed by atoms with Gasteiger partial charge in [-0.3, -0.25) is 0 Å². The van der Waals surface area contributed by atoms with E-state index in [9.17, 15) is 23.5 Å². The number of halogens is 3. The molecule has 0 radical (unpaired) electrons. The molecule has 9 heteroatoms. The third-order valence-electron chi connectivity index (χ3n) is 4.83. The molecule has 0 aliphatic rings. The van der Waals surface area contributed by atoms with Crippen molar-refractivity contribution in [2.24, 2.45) is 0 Å². The molecule has 28 heavy (non-hydrogen) atoms. The van der Waals surface area contributed by atoms with E-state index in [0.717, 1.165) is 23.0 Å². The number of fused-ring (bicyclic) bond motifs is 1. The largest absolute Gasteiger partial charge is 0.423 e. The predicted octanol–water partition coefficient (Wildman–Crippen LogP) is 3.73. The molecule has 0 aromatic carbocycles. The lowest BCUT2D eigenvalue weighted by molar-refractivity contribution is -0.269. The Morgan fingerprint density at radius 3 is 2.57 bits per heavy atom. The number of aliphatic hydroxyl groups is 1. The summed E-state index contributed by atoms with van der Waals surface area (Å²) in [5.74, 6) is 0.162. The summed E-state index contributed by atoms with van der Waals surface area (Å²) in [7, 11) is 0. The van der Waals surface area contributed by atoms with Crippen LogP contribution in [0.5, 0.6) is 0 Å². The van der Waals surface area contributed by atoms with E-state index in [2.05, 4.69) is 16.4 Å². The van der Waals surface area contributed by atoms with Crippen molar-refractivity contribution in [1.29, 1.82) is 5.26 Å². The summed E-state index contributed by atoms with van der Waals surface area (Å²) >= 11 is 0. The Bertz CT molecular complexity index is 1040. The SMILES string of the molecule is CCC(O)(c1cn(Cc2ccn3c(C(C)C)c(C#N)cc3c2)nn1)C(F)(F)F. The fraction of sp³-hybridized carbons (Fsp3) is 0.421. The third kappa shape index (κ3) is 3.24. The molecule has 0 spiro atoms. The Morgan fingerprint density at radius 2 is 2.00 bits per heavy atom. The molecule has 1 unspecified atom stereocenters. The average molecular weight is 391 g/mol. The second kappa shape index (κ2) is 6.95. The van der Waals surface area contributed by atoms with Gasteiger partial charge in [0.2, 0.25) is 5.60 Å². The minimum atomic E-state index is -4.84. The summed E-state index contributed by atoms with van der Waals surface area (Å²) < 4.78 is 42.7. The van der Waals surface area contributed by atoms with E-state index < -0.39 is 23.9 Å². The first kappa shape index (κ1) is 19.9. The number of rotatable bonds is 5. The Balaban J connectivity index is 1.92. The van der Waals surface area contributed by atoms with E-state index in [1.807, 2.05) is 36.6 Å². The monoisotopic (exact) mass is 391 g/mol. The first-order valence-corrected chi connectivity index (χ1v) is 8.84. The molecular formula is C19H20F3N5O. The van der Waals surface area contributed by atoms with Gasteiger partial charge in [-0.2, -0.15) is 18.4 Å². The summed E-state index contributed by atoms with van der Waals surface area (Å²) in [6.45, 7) is 5.43. The van der Waals surface area contributed by atoms with Crippen molar-refractivity contribution in [2.75, 3.05) is 0 Å². The van der Waals surface area contributed by atoms with Crippen LogP contribution in [0.15, 0.2) is 30.6 Å². The van der Waals surface area contributed by atoms with Gasteiger partial charge >= 0.3 is 6.18 Å². The molecule has 3 aromatic rings. The fourth-order valence-electron chi connectivity index (χ4n) is 3.30. The summed E-state index contributed by atoms with van der Waals surface area (Å²) in [6, 6.07) is 7.64. The fourth-order valence-corrected chi connectivity index (χ4v) is 3.30. The molecule has 1 atom stereocenters. The zero-order valence-corrected chi connectivity index (χ0v) is 15.7. The van der Waals surface area contributed by atoms with Crippen LogP contribution in [0.25, 0.3) is 5.52 Å². The Morgan fingerprint density at radius 1 is 1.29 bits per heavy atom. The highest BCUT2D eigenvalue weighted by atomic mass is 19.4. The Kier molecular flexibility index (Phi) is 4.93. The van der Waals surface area contributed by atoms with Gasteiger partial charge in [-0.05, 0) is 36.1 Å². The van der Waals surface area contributed by atoms with Crippen molar-refractivity contribution in [3.05, 3.63) is 53.1 Å². The van der Waals surface area contributed by atoms with Crippen molar-refractivity contribution in [1.82, 2.24) is 19.4 Å². The maximum atomic E-state index is 13.2. The highest BCUT2D eigenvalue weighted by molar-refractivity contribution is 5.59. The molecule has 0 bridgehead atoms. The van der Waals surface area contributed by atoms with Crippen molar-refractivity contribution in [2.45, 2.75) is 51.4 Å². The van der Waals surface area contributed by atoms with Crippen LogP contribution >= 0.6 is 0 Å². The molecule has 3 heterocycles. The predicted molar refractivity (Wildman–Crippen MR) is 95.6 cm³/mol. The minimum Gasteiger partial charge on any atom is -0.375 e. The van der Waals surface area contributed by atoms with Gasteiger partial charge < -0.3 is 9.51 Å². The molecule has 148 valence electrons. The lowest BCUT2D eigenvalue weighted by Crippen LogP contribution is -2.42. The van der Waals surface area contributed by atoms with E-state index in [4.69, 9.17) is 0 Å². The molecule has 0 saturated carbocycles. The van der Waals surface area contributed by atoms with Crippen molar-refractivity contribution in [3.8, 4) is 6.07 Å². The molecular weight excluding hydrogens is 371 g/mol. The van der Waals surface area contributed by atoms with Crippen LogP contribution in [-0.4, -0.2) is 30.7 Å². The van der Waals surface area contributed by atoms with Gasteiger partial charge in [0.05, 0.1) is 18.3 Å². The Hall–Kier alpha value is -2.86. The smallest absolute Gasteiger partial charge is 0.375 e. The molecule has 0 saturated heterocycles. The van der Waals surface area contributed by atoms with Gasteiger partial charge in [0.15, 0.2) is 0 Å². The number of alkyl halides is 3. The second-order valence-corrected chi connectivity index (χ2v) is 7.05. The highest BCUT2D eigenvalue weighted by Gasteiger charge is 2.55. The number of pyridine rings is 1. The molecule has 0 aliphatic heterocycles. The Labute approximate surface area is 159 Å². The third-order valence-corrected chi connectivity index (χ3v) is 4.83. The van der Waals surface area contributed by atoms with E-state index in [-0.39, 0.29) is 12.5 Å². The van der Waals surface area contributed by atoms with Crippen molar-refractivity contribution < 1.29 is 18.3 Å². The number of nitrogens with zero attached hydrogens (tertiary/aromatic N) is 5. The quantitative estimate of drug-likeness (QED) is 0.719. The standard InChI is InChI=1S/C19H20F3N5O/c1-4-18(28,19(20,21)22)16-11-26(25-24-16)10-13-5-6-27-15(7-13)8-14(9-23)17(27)12(2)3/h5-8,11-12,28H,4,10H2,1-3H3. The molecule has 0 fully saturated rings. The summed E-state index contributed by atoms with van der Waals surface area (Å²) in [6.07, 6.45) is -2.45. The summed E-state index contributed by atoms with van der Waals surface area (Å²) in [5, 5.41) is 26.6. The molecule has 0 amide bonds. The molecule has 3 aromatic heterocycles. The molecule has 0 aliphatic carbocycles. The van der Waals surface area contributed by atoms with Crippen LogP contribution in [0.2, 0.25) is 0 Å². The van der Waals surface area contributed by atoms with Crippen molar-refractivity contribution >= 4 is 5.52 Å². The lowest BCUT2D eigenvalue weighted by Gasteiger charge is -2.26. The summed E-state index contributed by atoms with van der Waals surface area (Å²) in [4.78, 5) is 0. The maximum absolute atomic E-state index is 13.2. The van der Waals surface area contributed by atoms with Gasteiger partial charge in [0.1, 0.15) is 11.8 Å². The van der Waals surface area contributed by atoms with Crippen LogP contribution in [0.3, 0.4) is 0 Å². The zero-order chi connectivity index (χ0) is 20.7. The lowest BCUT2D eigenvalue weighted by atomic mass is 9.96. The summed E-state index contributed by atoms with van der Waals surface area (Å²) in [5.41, 5.74) is -0.449. The number of hydrogen-bond donors (Lipinski definition) is 1. The van der Waals surface area contributed by atoms with Crippen molar-refractivity contribution in [3.63, 3.8) is 0 Å². The number of hydrogen-bond acceptors (Lipinski definition) is 4. The zero-order valence-electron chi connectivity index (χ0n) is 15.7. The molecule has 6 nitrogen and oxygen atoms in total. The van der Waals surface area contributed by atoms with E-state index >= 15 is 0 Å². The maximum Gasteiger partial charge on any atom is 0.423 e. The van der Waals surface area contributed by atoms with Gasteiger partial charge in [0.25, 0.3) is 0 Å². The van der Waals surface area contributed by atoms with Crippen LogP contribution < -0.4 is 0 Å².